The van der Waals surface area contributed by atoms with Crippen molar-refractivity contribution in [3.8, 4) is 0 Å². The molecule has 1 fully saturated rings. The molecule has 0 spiro atoms. The van der Waals surface area contributed by atoms with Gasteiger partial charge in [0.1, 0.15) is 0 Å². The summed E-state index contributed by atoms with van der Waals surface area (Å²) in [7, 11) is 2.22. The van der Waals surface area contributed by atoms with Crippen molar-refractivity contribution in [3.63, 3.8) is 0 Å². The highest BCUT2D eigenvalue weighted by Crippen LogP contribution is 2.19. The van der Waals surface area contributed by atoms with E-state index in [4.69, 9.17) is 11.6 Å². The molecule has 4 heteroatoms. The standard InChI is InChI=1S/C21H28ClN3/c1-24(15-19-4-2-11-23-14-19)16-20-5-3-12-25(17-20)13-10-18-6-8-21(22)9-7-18/h2,4,6-9,11,14,20H,3,5,10,12-13,15-17H2,1H3/t20-/m0/s1. The molecule has 2 heterocycles. The van der Waals surface area contributed by atoms with Crippen molar-refractivity contribution in [2.75, 3.05) is 33.2 Å². The van der Waals surface area contributed by atoms with Gasteiger partial charge in [0.05, 0.1) is 0 Å². The van der Waals surface area contributed by atoms with Gasteiger partial charge < -0.3 is 9.80 Å². The van der Waals surface area contributed by atoms with Crippen LogP contribution >= 0.6 is 11.6 Å². The molecular formula is C21H28ClN3. The first kappa shape index (κ1) is 18.4. The molecule has 3 rings (SSSR count). The highest BCUT2D eigenvalue weighted by atomic mass is 35.5. The Morgan fingerprint density at radius 3 is 2.80 bits per heavy atom. The van der Waals surface area contributed by atoms with Crippen LogP contribution in [0.3, 0.4) is 0 Å². The van der Waals surface area contributed by atoms with Gasteiger partial charge in [-0.2, -0.15) is 0 Å². The zero-order chi connectivity index (χ0) is 17.5. The maximum atomic E-state index is 5.97. The zero-order valence-electron chi connectivity index (χ0n) is 15.1. The molecule has 0 bridgehead atoms. The summed E-state index contributed by atoms with van der Waals surface area (Å²) in [5.74, 6) is 0.764. The minimum absolute atomic E-state index is 0.764. The second-order valence-electron chi connectivity index (χ2n) is 7.24. The molecule has 0 radical (unpaired) electrons. The van der Waals surface area contributed by atoms with Gasteiger partial charge in [-0.3, -0.25) is 4.98 Å². The summed E-state index contributed by atoms with van der Waals surface area (Å²) < 4.78 is 0. The summed E-state index contributed by atoms with van der Waals surface area (Å²) in [5.41, 5.74) is 2.67. The molecule has 1 saturated heterocycles. The number of benzene rings is 1. The van der Waals surface area contributed by atoms with Crippen molar-refractivity contribution in [3.05, 3.63) is 64.9 Å². The third-order valence-electron chi connectivity index (χ3n) is 4.98. The monoisotopic (exact) mass is 357 g/mol. The van der Waals surface area contributed by atoms with Gasteiger partial charge in [0.25, 0.3) is 0 Å². The minimum Gasteiger partial charge on any atom is -0.303 e. The van der Waals surface area contributed by atoms with Crippen molar-refractivity contribution in [1.29, 1.82) is 0 Å². The van der Waals surface area contributed by atoms with E-state index >= 15 is 0 Å². The molecule has 1 aliphatic rings. The first-order valence-electron chi connectivity index (χ1n) is 9.23. The van der Waals surface area contributed by atoms with Gasteiger partial charge in [-0.15, -0.1) is 0 Å². The summed E-state index contributed by atoms with van der Waals surface area (Å²) in [4.78, 5) is 9.27. The molecule has 0 saturated carbocycles. The molecule has 1 aliphatic heterocycles. The fraction of sp³-hybridized carbons (Fsp3) is 0.476. The molecule has 134 valence electrons. The molecule has 1 atom stereocenters. The lowest BCUT2D eigenvalue weighted by atomic mass is 9.97. The number of piperidine rings is 1. The average Bonchev–Trinajstić information content (AvgIpc) is 2.62. The van der Waals surface area contributed by atoms with Gasteiger partial charge in [-0.05, 0) is 68.1 Å². The normalized spacial score (nSPS) is 18.6. The fourth-order valence-corrected chi connectivity index (χ4v) is 3.88. The van der Waals surface area contributed by atoms with E-state index in [1.165, 1.54) is 37.1 Å². The summed E-state index contributed by atoms with van der Waals surface area (Å²) in [6.45, 7) is 5.73. The van der Waals surface area contributed by atoms with E-state index in [2.05, 4.69) is 40.0 Å². The van der Waals surface area contributed by atoms with Crippen molar-refractivity contribution < 1.29 is 0 Å². The van der Waals surface area contributed by atoms with Gasteiger partial charge in [0, 0.05) is 43.6 Å². The molecular weight excluding hydrogens is 330 g/mol. The Kier molecular flexibility index (Phi) is 6.85. The van der Waals surface area contributed by atoms with Gasteiger partial charge >= 0.3 is 0 Å². The summed E-state index contributed by atoms with van der Waals surface area (Å²) >= 11 is 5.97. The lowest BCUT2D eigenvalue weighted by Gasteiger charge is -2.34. The third-order valence-corrected chi connectivity index (χ3v) is 5.23. The van der Waals surface area contributed by atoms with Crippen molar-refractivity contribution >= 4 is 11.6 Å². The molecule has 0 unspecified atom stereocenters. The topological polar surface area (TPSA) is 19.4 Å². The van der Waals surface area contributed by atoms with Crippen LogP contribution in [0.4, 0.5) is 0 Å². The number of aromatic nitrogens is 1. The SMILES string of the molecule is CN(Cc1cccnc1)C[C@@H]1CCCN(CCc2ccc(Cl)cc2)C1. The fourth-order valence-electron chi connectivity index (χ4n) is 3.75. The molecule has 1 aromatic heterocycles. The third kappa shape index (κ3) is 6.10. The van der Waals surface area contributed by atoms with Crippen LogP contribution in [-0.4, -0.2) is 48.0 Å². The number of rotatable bonds is 7. The second kappa shape index (κ2) is 9.33. The van der Waals surface area contributed by atoms with Crippen LogP contribution in [0.15, 0.2) is 48.8 Å². The number of hydrogen-bond acceptors (Lipinski definition) is 3. The quantitative estimate of drug-likeness (QED) is 0.743. The number of hydrogen-bond donors (Lipinski definition) is 0. The van der Waals surface area contributed by atoms with E-state index in [1.54, 1.807) is 0 Å². The molecule has 1 aromatic carbocycles. The highest BCUT2D eigenvalue weighted by Gasteiger charge is 2.21. The lowest BCUT2D eigenvalue weighted by Crippen LogP contribution is -2.40. The predicted molar refractivity (Wildman–Crippen MR) is 105 cm³/mol. The van der Waals surface area contributed by atoms with Crippen molar-refractivity contribution in [2.45, 2.75) is 25.8 Å². The summed E-state index contributed by atoms with van der Waals surface area (Å²) in [6, 6.07) is 12.4. The Morgan fingerprint density at radius 2 is 2.04 bits per heavy atom. The van der Waals surface area contributed by atoms with Crippen LogP contribution in [0, 0.1) is 5.92 Å². The van der Waals surface area contributed by atoms with E-state index in [0.29, 0.717) is 0 Å². The molecule has 3 nitrogen and oxygen atoms in total. The second-order valence-corrected chi connectivity index (χ2v) is 7.68. The van der Waals surface area contributed by atoms with Crippen LogP contribution in [0.25, 0.3) is 0 Å². The molecule has 2 aromatic rings. The average molecular weight is 358 g/mol. The Hall–Kier alpha value is -1.42. The van der Waals surface area contributed by atoms with E-state index in [1.807, 2.05) is 30.6 Å². The Balaban J connectivity index is 1.43. The van der Waals surface area contributed by atoms with Crippen LogP contribution in [0.2, 0.25) is 5.02 Å². The maximum Gasteiger partial charge on any atom is 0.0406 e. The van der Waals surface area contributed by atoms with Gasteiger partial charge in [-0.25, -0.2) is 0 Å². The van der Waals surface area contributed by atoms with Crippen LogP contribution in [-0.2, 0) is 13.0 Å². The number of pyridine rings is 1. The van der Waals surface area contributed by atoms with E-state index in [9.17, 15) is 0 Å². The lowest BCUT2D eigenvalue weighted by molar-refractivity contribution is 0.142. The van der Waals surface area contributed by atoms with Crippen LogP contribution < -0.4 is 0 Å². The van der Waals surface area contributed by atoms with Crippen LogP contribution in [0.1, 0.15) is 24.0 Å². The van der Waals surface area contributed by atoms with Gasteiger partial charge in [0.2, 0.25) is 0 Å². The smallest absolute Gasteiger partial charge is 0.0406 e. The van der Waals surface area contributed by atoms with Crippen molar-refractivity contribution in [1.82, 2.24) is 14.8 Å². The van der Waals surface area contributed by atoms with E-state index in [0.717, 1.165) is 37.0 Å². The molecule has 0 N–H and O–H groups in total. The number of nitrogens with zero attached hydrogens (tertiary/aromatic N) is 3. The first-order valence-corrected chi connectivity index (χ1v) is 9.61. The van der Waals surface area contributed by atoms with Crippen LogP contribution in [0.5, 0.6) is 0 Å². The number of likely N-dealkylation sites (tertiary alicyclic amines) is 1. The van der Waals surface area contributed by atoms with Gasteiger partial charge in [-0.1, -0.05) is 29.8 Å². The Bertz CT molecular complexity index is 629. The minimum atomic E-state index is 0.764. The first-order chi connectivity index (χ1) is 12.2. The molecule has 0 aliphatic carbocycles. The van der Waals surface area contributed by atoms with Crippen molar-refractivity contribution in [2.24, 2.45) is 5.92 Å². The summed E-state index contributed by atoms with van der Waals surface area (Å²) in [6.07, 6.45) is 7.56. The molecule has 0 amide bonds. The number of halogens is 1. The maximum absolute atomic E-state index is 5.97. The highest BCUT2D eigenvalue weighted by molar-refractivity contribution is 6.30. The summed E-state index contributed by atoms with van der Waals surface area (Å²) in [5, 5.41) is 0.818. The largest absolute Gasteiger partial charge is 0.303 e. The zero-order valence-corrected chi connectivity index (χ0v) is 15.8. The Morgan fingerprint density at radius 1 is 1.20 bits per heavy atom. The predicted octanol–water partition coefficient (Wildman–Crippen LogP) is 4.12. The Labute approximate surface area is 156 Å². The van der Waals surface area contributed by atoms with Gasteiger partial charge in [0.15, 0.2) is 0 Å². The van der Waals surface area contributed by atoms with E-state index < -0.39 is 0 Å². The van der Waals surface area contributed by atoms with E-state index in [-0.39, 0.29) is 0 Å². The molecule has 25 heavy (non-hydrogen) atoms.